The van der Waals surface area contributed by atoms with E-state index in [-0.39, 0.29) is 11.6 Å². The average Bonchev–Trinajstić information content (AvgIpc) is 3.10. The molecule has 2 heterocycles. The maximum Gasteiger partial charge on any atom is 0.290 e. The summed E-state index contributed by atoms with van der Waals surface area (Å²) in [5, 5.41) is 4.23. The number of nitrogen functional groups attached to an aromatic ring is 1. The van der Waals surface area contributed by atoms with Crippen molar-refractivity contribution in [2.24, 2.45) is 0 Å². The van der Waals surface area contributed by atoms with Crippen LogP contribution in [-0.2, 0) is 4.79 Å². The van der Waals surface area contributed by atoms with Crippen LogP contribution >= 0.6 is 0 Å². The van der Waals surface area contributed by atoms with Gasteiger partial charge in [-0.1, -0.05) is 12.2 Å². The van der Waals surface area contributed by atoms with E-state index < -0.39 is 11.6 Å². The van der Waals surface area contributed by atoms with E-state index in [0.29, 0.717) is 24.5 Å². The van der Waals surface area contributed by atoms with Crippen LogP contribution in [-0.4, -0.2) is 33.7 Å². The molecule has 1 amide bonds. The van der Waals surface area contributed by atoms with Gasteiger partial charge in [0.1, 0.15) is 17.4 Å². The van der Waals surface area contributed by atoms with Crippen LogP contribution in [0.4, 0.5) is 5.69 Å². The Morgan fingerprint density at radius 3 is 2.67 bits per heavy atom. The van der Waals surface area contributed by atoms with Gasteiger partial charge in [0.05, 0.1) is 6.26 Å². The van der Waals surface area contributed by atoms with E-state index in [1.807, 2.05) is 0 Å². The summed E-state index contributed by atoms with van der Waals surface area (Å²) in [5.74, 6) is 0.185. The third kappa shape index (κ3) is 3.45. The molecular formula is C17H20N4O3. The molecule has 1 atom stereocenters. The molecule has 0 unspecified atom stereocenters. The molecule has 0 aromatic carbocycles. The van der Waals surface area contributed by atoms with Gasteiger partial charge in [0.15, 0.2) is 5.76 Å². The van der Waals surface area contributed by atoms with E-state index in [0.717, 1.165) is 4.68 Å². The lowest BCUT2D eigenvalue weighted by molar-refractivity contribution is -0.133. The van der Waals surface area contributed by atoms with Crippen molar-refractivity contribution in [1.82, 2.24) is 14.7 Å². The second-order valence-corrected chi connectivity index (χ2v) is 5.21. The molecule has 0 saturated heterocycles. The van der Waals surface area contributed by atoms with Gasteiger partial charge >= 0.3 is 0 Å². The number of nitrogens with zero attached hydrogens (tertiary/aromatic N) is 3. The molecule has 0 aliphatic rings. The number of carbonyl (C=O) groups is 1. The quantitative estimate of drug-likeness (QED) is 0.783. The van der Waals surface area contributed by atoms with E-state index in [2.05, 4.69) is 18.3 Å². The first-order valence-electron chi connectivity index (χ1n) is 7.43. The molecule has 0 saturated carbocycles. The number of nitrogens with two attached hydrogens (primary N) is 1. The minimum Gasteiger partial charge on any atom is -0.463 e. The minimum atomic E-state index is -0.824. The molecule has 0 aliphatic carbocycles. The summed E-state index contributed by atoms with van der Waals surface area (Å²) in [4.78, 5) is 26.5. The van der Waals surface area contributed by atoms with Crippen LogP contribution < -0.4 is 11.3 Å². The van der Waals surface area contributed by atoms with Gasteiger partial charge in [0.2, 0.25) is 5.91 Å². The largest absolute Gasteiger partial charge is 0.463 e. The first-order chi connectivity index (χ1) is 11.5. The Balaban J connectivity index is 2.42. The summed E-state index contributed by atoms with van der Waals surface area (Å²) in [6.45, 7) is 9.55. The molecule has 0 radical (unpaired) electrons. The summed E-state index contributed by atoms with van der Waals surface area (Å²) in [6.07, 6.45) is 4.71. The van der Waals surface area contributed by atoms with Crippen LogP contribution in [0.1, 0.15) is 13.0 Å². The molecule has 0 spiro atoms. The fourth-order valence-electron chi connectivity index (χ4n) is 2.27. The van der Waals surface area contributed by atoms with Gasteiger partial charge in [0.25, 0.3) is 5.56 Å². The van der Waals surface area contributed by atoms with Crippen molar-refractivity contribution in [1.29, 1.82) is 0 Å². The summed E-state index contributed by atoms with van der Waals surface area (Å²) in [6, 6.07) is 4.01. The second-order valence-electron chi connectivity index (χ2n) is 5.21. The first kappa shape index (κ1) is 17.3. The van der Waals surface area contributed by atoms with Gasteiger partial charge in [-0.3, -0.25) is 9.59 Å². The zero-order valence-corrected chi connectivity index (χ0v) is 13.5. The predicted molar refractivity (Wildman–Crippen MR) is 92.3 cm³/mol. The number of carbonyl (C=O) groups excluding carboxylic acids is 1. The highest BCUT2D eigenvalue weighted by molar-refractivity contribution is 5.80. The first-order valence-corrected chi connectivity index (χ1v) is 7.43. The van der Waals surface area contributed by atoms with Gasteiger partial charge in [-0.15, -0.1) is 13.2 Å². The second kappa shape index (κ2) is 7.45. The summed E-state index contributed by atoms with van der Waals surface area (Å²) < 4.78 is 6.36. The highest BCUT2D eigenvalue weighted by atomic mass is 16.3. The van der Waals surface area contributed by atoms with Crippen molar-refractivity contribution in [2.75, 3.05) is 18.8 Å². The van der Waals surface area contributed by atoms with E-state index in [1.165, 1.54) is 17.2 Å². The maximum atomic E-state index is 12.7. The molecule has 0 aliphatic heterocycles. The number of aromatic nitrogens is 2. The van der Waals surface area contributed by atoms with E-state index in [1.54, 1.807) is 31.2 Å². The van der Waals surface area contributed by atoms with E-state index in [4.69, 9.17) is 10.2 Å². The van der Waals surface area contributed by atoms with Crippen LogP contribution in [0.5, 0.6) is 0 Å². The lowest BCUT2D eigenvalue weighted by Crippen LogP contribution is -2.41. The summed E-state index contributed by atoms with van der Waals surface area (Å²) in [5.41, 5.74) is 5.64. The van der Waals surface area contributed by atoms with Gasteiger partial charge in [-0.25, -0.2) is 4.68 Å². The summed E-state index contributed by atoms with van der Waals surface area (Å²) in [7, 11) is 0. The number of amides is 1. The van der Waals surface area contributed by atoms with Crippen LogP contribution in [0.15, 0.2) is 59.0 Å². The van der Waals surface area contributed by atoms with Crippen molar-refractivity contribution in [3.05, 3.63) is 60.1 Å². The summed E-state index contributed by atoms with van der Waals surface area (Å²) >= 11 is 0. The fraction of sp³-hybridized carbons (Fsp3) is 0.235. The fourth-order valence-corrected chi connectivity index (χ4v) is 2.27. The molecule has 126 valence electrons. The number of hydrogen-bond donors (Lipinski definition) is 1. The zero-order valence-electron chi connectivity index (χ0n) is 13.5. The maximum absolute atomic E-state index is 12.7. The van der Waals surface area contributed by atoms with Crippen molar-refractivity contribution < 1.29 is 9.21 Å². The molecule has 2 N–H and O–H groups in total. The van der Waals surface area contributed by atoms with Crippen molar-refractivity contribution >= 4 is 11.6 Å². The molecule has 0 fully saturated rings. The third-order valence-electron chi connectivity index (χ3n) is 3.47. The smallest absolute Gasteiger partial charge is 0.290 e. The SMILES string of the molecule is C=CCN(CC=C)C(=O)[C@H](C)n1nc(-c2ccco2)cc(N)c1=O. The van der Waals surface area contributed by atoms with Crippen molar-refractivity contribution in [2.45, 2.75) is 13.0 Å². The Bertz CT molecular complexity index is 783. The zero-order chi connectivity index (χ0) is 17.7. The van der Waals surface area contributed by atoms with Crippen LogP contribution in [0.2, 0.25) is 0 Å². The normalized spacial score (nSPS) is 11.7. The number of furan rings is 1. The predicted octanol–water partition coefficient (Wildman–Crippen LogP) is 1.85. The lowest BCUT2D eigenvalue weighted by atomic mass is 10.2. The highest BCUT2D eigenvalue weighted by Crippen LogP contribution is 2.19. The van der Waals surface area contributed by atoms with E-state index in [9.17, 15) is 9.59 Å². The Kier molecular flexibility index (Phi) is 5.36. The van der Waals surface area contributed by atoms with Gasteiger partial charge < -0.3 is 15.1 Å². The van der Waals surface area contributed by atoms with Gasteiger partial charge in [-0.05, 0) is 25.1 Å². The Labute approximate surface area is 139 Å². The average molecular weight is 328 g/mol. The molecule has 7 heteroatoms. The number of rotatable bonds is 7. The van der Waals surface area contributed by atoms with Gasteiger partial charge in [0, 0.05) is 13.1 Å². The Morgan fingerprint density at radius 2 is 2.12 bits per heavy atom. The highest BCUT2D eigenvalue weighted by Gasteiger charge is 2.24. The van der Waals surface area contributed by atoms with Crippen LogP contribution in [0.3, 0.4) is 0 Å². The number of anilines is 1. The van der Waals surface area contributed by atoms with Crippen LogP contribution in [0.25, 0.3) is 11.5 Å². The molecular weight excluding hydrogens is 308 g/mol. The van der Waals surface area contributed by atoms with E-state index >= 15 is 0 Å². The molecule has 2 rings (SSSR count). The molecule has 7 nitrogen and oxygen atoms in total. The lowest BCUT2D eigenvalue weighted by Gasteiger charge is -2.24. The standard InChI is InChI=1S/C17H20N4O3/c1-4-8-20(9-5-2)16(22)12(3)21-17(23)13(18)11-14(19-21)15-7-6-10-24-15/h4-7,10-12H,1-2,8-9,18H2,3H3/t12-/m0/s1. The van der Waals surface area contributed by atoms with Crippen molar-refractivity contribution in [3.8, 4) is 11.5 Å². The molecule has 24 heavy (non-hydrogen) atoms. The molecule has 0 bridgehead atoms. The minimum absolute atomic E-state index is 0.00459. The molecule has 2 aromatic rings. The van der Waals surface area contributed by atoms with Crippen LogP contribution in [0, 0.1) is 0 Å². The third-order valence-corrected chi connectivity index (χ3v) is 3.47. The Morgan fingerprint density at radius 1 is 1.46 bits per heavy atom. The van der Waals surface area contributed by atoms with Gasteiger partial charge in [-0.2, -0.15) is 5.10 Å². The molecule has 2 aromatic heterocycles. The Hall–Kier alpha value is -3.09. The monoisotopic (exact) mass is 328 g/mol. The van der Waals surface area contributed by atoms with Crippen molar-refractivity contribution in [3.63, 3.8) is 0 Å². The number of hydrogen-bond acceptors (Lipinski definition) is 5. The topological polar surface area (TPSA) is 94.4 Å².